The van der Waals surface area contributed by atoms with Gasteiger partial charge in [-0.15, -0.1) is 0 Å². The number of methoxy groups -OCH3 is 4. The van der Waals surface area contributed by atoms with Crippen molar-refractivity contribution in [2.75, 3.05) is 28.4 Å². The summed E-state index contributed by atoms with van der Waals surface area (Å²) in [7, 11) is -0.131. The molecule has 0 atom stereocenters. The molecule has 0 radical (unpaired) electrons. The number of benzene rings is 2. The fourth-order valence-corrected chi connectivity index (χ4v) is 4.27. The number of ether oxygens (including phenoxy) is 5. The van der Waals surface area contributed by atoms with Crippen molar-refractivity contribution in [2.24, 2.45) is 0 Å². The van der Waals surface area contributed by atoms with Crippen molar-refractivity contribution in [1.29, 1.82) is 0 Å². The Morgan fingerprint density at radius 1 is 0.795 bits per heavy atom. The van der Waals surface area contributed by atoms with Crippen LogP contribution in [0.5, 0.6) is 23.0 Å². The van der Waals surface area contributed by atoms with Gasteiger partial charge in [-0.2, -0.15) is 0 Å². The molecule has 39 heavy (non-hydrogen) atoms. The molecule has 0 unspecified atom stereocenters. The molecule has 0 N–H and O–H groups in total. The van der Waals surface area contributed by atoms with E-state index in [0.717, 1.165) is 13.2 Å². The van der Waals surface area contributed by atoms with Crippen LogP contribution in [0.4, 0.5) is 0 Å². The minimum Gasteiger partial charge on any atom is -0.716 e. The molecule has 0 bridgehead atoms. The Morgan fingerprint density at radius 2 is 1.31 bits per heavy atom. The third kappa shape index (κ3) is 5.94. The molecule has 15 heteroatoms. The van der Waals surface area contributed by atoms with Crippen LogP contribution in [0, 0.1) is 6.92 Å². The predicted molar refractivity (Wildman–Crippen MR) is 128 cm³/mol. The van der Waals surface area contributed by atoms with E-state index in [4.69, 9.17) is 32.5 Å². The SMILES string of the molecule is COC(=O)c1c(C)oc2cc(OC)c(OCc3oc4cc(OC)c(OS(=O)(=O)[O-])cc4c3C(=O)OC)cc12.[Na+]. The van der Waals surface area contributed by atoms with Crippen LogP contribution < -0.4 is 48.0 Å². The number of furan rings is 2. The molecule has 0 spiro atoms. The van der Waals surface area contributed by atoms with Gasteiger partial charge in [-0.05, 0) is 19.1 Å². The van der Waals surface area contributed by atoms with Crippen molar-refractivity contribution < 1.29 is 88.8 Å². The maximum Gasteiger partial charge on any atom is 1.00 e. The fraction of sp³-hybridized carbons (Fsp3) is 0.250. The Morgan fingerprint density at radius 3 is 1.87 bits per heavy atom. The molecule has 2 heterocycles. The number of carbonyl (C=O) groups is 2. The van der Waals surface area contributed by atoms with E-state index in [1.807, 2.05) is 0 Å². The summed E-state index contributed by atoms with van der Waals surface area (Å²) >= 11 is 0. The first-order valence-electron chi connectivity index (χ1n) is 10.7. The largest absolute Gasteiger partial charge is 1.00 e. The van der Waals surface area contributed by atoms with Gasteiger partial charge >= 0.3 is 41.5 Å². The van der Waals surface area contributed by atoms with Crippen LogP contribution in [0.15, 0.2) is 33.1 Å². The summed E-state index contributed by atoms with van der Waals surface area (Å²) in [6.45, 7) is 1.28. The first-order chi connectivity index (χ1) is 18.0. The zero-order chi connectivity index (χ0) is 27.8. The van der Waals surface area contributed by atoms with E-state index in [0.29, 0.717) is 16.7 Å². The molecular formula is C24H21NaO13S. The van der Waals surface area contributed by atoms with Crippen LogP contribution in [-0.4, -0.2) is 53.3 Å². The van der Waals surface area contributed by atoms with Crippen molar-refractivity contribution in [3.63, 3.8) is 0 Å². The Kier molecular flexibility index (Phi) is 9.08. The van der Waals surface area contributed by atoms with Gasteiger partial charge in [0.1, 0.15) is 34.7 Å². The Bertz CT molecular complexity index is 1670. The van der Waals surface area contributed by atoms with Gasteiger partial charge in [0.15, 0.2) is 28.8 Å². The molecule has 0 saturated heterocycles. The standard InChI is InChI=1S/C24H22O13S.Na/c1-11-21(23(25)32-4)12-6-18(16(30-2)8-14(12)35-11)34-10-20-22(24(26)33-5)13-7-19(37-38(27,28)29)17(31-3)9-15(13)36-20;/h6-9H,10H2,1-5H3,(H,27,28,29);/q;+1/p-1. The first kappa shape index (κ1) is 30.1. The maximum absolute atomic E-state index is 12.6. The van der Waals surface area contributed by atoms with Gasteiger partial charge < -0.3 is 41.3 Å². The minimum atomic E-state index is -5.15. The van der Waals surface area contributed by atoms with Crippen LogP contribution in [-0.2, 0) is 26.5 Å². The normalized spacial score (nSPS) is 11.1. The number of aryl methyl sites for hydroxylation is 1. The number of rotatable bonds is 9. The number of hydrogen-bond acceptors (Lipinski definition) is 13. The van der Waals surface area contributed by atoms with Gasteiger partial charge in [-0.3, -0.25) is 0 Å². The van der Waals surface area contributed by atoms with Crippen molar-refractivity contribution in [2.45, 2.75) is 13.5 Å². The van der Waals surface area contributed by atoms with Gasteiger partial charge in [0.25, 0.3) is 10.4 Å². The summed E-state index contributed by atoms with van der Waals surface area (Å²) in [4.78, 5) is 24.9. The number of hydrogen-bond donors (Lipinski definition) is 0. The summed E-state index contributed by atoms with van der Waals surface area (Å²) in [6, 6.07) is 5.40. The maximum atomic E-state index is 12.6. The monoisotopic (exact) mass is 572 g/mol. The van der Waals surface area contributed by atoms with E-state index in [1.165, 1.54) is 39.5 Å². The Hall–Kier alpha value is -3.43. The molecule has 0 aliphatic heterocycles. The third-order valence-electron chi connectivity index (χ3n) is 5.53. The summed E-state index contributed by atoms with van der Waals surface area (Å²) in [5.74, 6) is -1.24. The molecule has 0 aliphatic carbocycles. The third-order valence-corrected chi connectivity index (χ3v) is 5.91. The summed E-state index contributed by atoms with van der Waals surface area (Å²) in [5.41, 5.74) is 0.561. The van der Waals surface area contributed by atoms with Crippen molar-refractivity contribution in [1.82, 2.24) is 0 Å². The van der Waals surface area contributed by atoms with Crippen molar-refractivity contribution in [3.8, 4) is 23.0 Å². The number of carbonyl (C=O) groups excluding carboxylic acids is 2. The van der Waals surface area contributed by atoms with E-state index in [-0.39, 0.29) is 81.3 Å². The van der Waals surface area contributed by atoms with Crippen LogP contribution in [0.3, 0.4) is 0 Å². The molecule has 2 aromatic heterocycles. The molecule has 4 rings (SSSR count). The van der Waals surface area contributed by atoms with E-state index >= 15 is 0 Å². The Balaban J connectivity index is 0.00000420. The molecule has 0 amide bonds. The van der Waals surface area contributed by atoms with Crippen molar-refractivity contribution >= 4 is 44.3 Å². The molecule has 0 aliphatic rings. The zero-order valence-electron chi connectivity index (χ0n) is 21.7. The smallest absolute Gasteiger partial charge is 0.716 e. The first-order valence-corrected chi connectivity index (χ1v) is 12.0. The van der Waals surface area contributed by atoms with Crippen LogP contribution >= 0.6 is 0 Å². The van der Waals surface area contributed by atoms with E-state index in [9.17, 15) is 22.6 Å². The van der Waals surface area contributed by atoms with Gasteiger partial charge in [-0.25, -0.2) is 18.0 Å². The number of fused-ring (bicyclic) bond motifs is 2. The van der Waals surface area contributed by atoms with E-state index in [1.54, 1.807) is 6.92 Å². The second-order valence-electron chi connectivity index (χ2n) is 7.70. The summed E-state index contributed by atoms with van der Waals surface area (Å²) < 4.78 is 75.5. The van der Waals surface area contributed by atoms with E-state index < -0.39 is 28.1 Å². The molecule has 13 nitrogen and oxygen atoms in total. The molecule has 202 valence electrons. The fourth-order valence-electron chi connectivity index (χ4n) is 3.92. The minimum absolute atomic E-state index is 0. The topological polar surface area (TPSA) is 173 Å². The van der Waals surface area contributed by atoms with Crippen LogP contribution in [0.2, 0.25) is 0 Å². The second kappa shape index (κ2) is 11.8. The predicted octanol–water partition coefficient (Wildman–Crippen LogP) is 0.500. The molecule has 0 fully saturated rings. The number of esters is 2. The van der Waals surface area contributed by atoms with Gasteiger partial charge in [-0.1, -0.05) is 0 Å². The summed E-state index contributed by atoms with van der Waals surface area (Å²) in [5, 5.41) is 0.490. The second-order valence-corrected chi connectivity index (χ2v) is 8.68. The zero-order valence-corrected chi connectivity index (χ0v) is 24.5. The van der Waals surface area contributed by atoms with Gasteiger partial charge in [0, 0.05) is 22.9 Å². The summed E-state index contributed by atoms with van der Waals surface area (Å²) in [6.07, 6.45) is 0. The average Bonchev–Trinajstić information content (AvgIpc) is 3.39. The van der Waals surface area contributed by atoms with Gasteiger partial charge in [0.2, 0.25) is 0 Å². The van der Waals surface area contributed by atoms with E-state index in [2.05, 4.69) is 4.18 Å². The molecule has 4 aromatic rings. The van der Waals surface area contributed by atoms with Crippen LogP contribution in [0.1, 0.15) is 32.2 Å². The quantitative estimate of drug-likeness (QED) is 0.118. The average molecular weight is 572 g/mol. The van der Waals surface area contributed by atoms with Gasteiger partial charge in [0.05, 0.1) is 28.4 Å². The molecule has 0 saturated carbocycles. The van der Waals surface area contributed by atoms with Crippen molar-refractivity contribution in [3.05, 3.63) is 46.9 Å². The Labute approximate surface area is 244 Å². The molecule has 2 aromatic carbocycles. The van der Waals surface area contributed by atoms with Crippen LogP contribution in [0.25, 0.3) is 21.9 Å². The molecular weight excluding hydrogens is 551 g/mol.